The summed E-state index contributed by atoms with van der Waals surface area (Å²) in [6.07, 6.45) is 0.0487. The van der Waals surface area contributed by atoms with E-state index in [-0.39, 0.29) is 17.9 Å². The minimum Gasteiger partial charge on any atom is -0.428 e. The van der Waals surface area contributed by atoms with Crippen LogP contribution in [0.2, 0.25) is 0 Å². The molecule has 25 heavy (non-hydrogen) atoms. The molecule has 1 aliphatic heterocycles. The first kappa shape index (κ1) is 15.4. The summed E-state index contributed by atoms with van der Waals surface area (Å²) in [5.74, 6) is -0.229. The zero-order valence-corrected chi connectivity index (χ0v) is 14.0. The number of aryl methyl sites for hydroxylation is 3. The number of aromatic nitrogens is 2. The number of benzene rings is 1. The normalized spacial score (nSPS) is 16.8. The second kappa shape index (κ2) is 5.20. The summed E-state index contributed by atoms with van der Waals surface area (Å²) in [5.41, 5.74) is 1.99. The van der Waals surface area contributed by atoms with Gasteiger partial charge in [0.15, 0.2) is 0 Å². The second-order valence-electron chi connectivity index (χ2n) is 6.30. The molecule has 1 atom stereocenters. The van der Waals surface area contributed by atoms with Gasteiger partial charge in [0.05, 0.1) is 23.0 Å². The largest absolute Gasteiger partial charge is 0.428 e. The fraction of sp³-hybridized carbons (Fsp3) is 0.278. The van der Waals surface area contributed by atoms with Gasteiger partial charge in [-0.1, -0.05) is 6.07 Å². The number of carbonyl (C=O) groups excluding carboxylic acids is 1. The Hall–Kier alpha value is -3.09. The molecular formula is C18H16N2O5. The third kappa shape index (κ3) is 2.23. The first-order valence-electron chi connectivity index (χ1n) is 7.87. The average Bonchev–Trinajstić information content (AvgIpc) is 2.77. The van der Waals surface area contributed by atoms with E-state index >= 15 is 0 Å². The van der Waals surface area contributed by atoms with E-state index in [0.717, 1.165) is 16.6 Å². The van der Waals surface area contributed by atoms with Crippen molar-refractivity contribution in [1.29, 1.82) is 0 Å². The Morgan fingerprint density at radius 3 is 2.52 bits per heavy atom. The lowest BCUT2D eigenvalue weighted by Gasteiger charge is -2.23. The van der Waals surface area contributed by atoms with Crippen LogP contribution < -0.4 is 16.1 Å². The Morgan fingerprint density at radius 1 is 1.04 bits per heavy atom. The van der Waals surface area contributed by atoms with Gasteiger partial charge < -0.3 is 9.15 Å². The van der Waals surface area contributed by atoms with Crippen molar-refractivity contribution in [1.82, 2.24) is 9.13 Å². The van der Waals surface area contributed by atoms with Crippen molar-refractivity contribution in [3.05, 3.63) is 62.1 Å². The van der Waals surface area contributed by atoms with Gasteiger partial charge in [0, 0.05) is 26.1 Å². The third-order valence-electron chi connectivity index (χ3n) is 4.71. The van der Waals surface area contributed by atoms with Gasteiger partial charge in [-0.05, 0) is 24.6 Å². The molecule has 0 unspecified atom stereocenters. The first-order chi connectivity index (χ1) is 11.9. The highest BCUT2D eigenvalue weighted by molar-refractivity contribution is 5.80. The monoisotopic (exact) mass is 340 g/mol. The predicted molar refractivity (Wildman–Crippen MR) is 90.0 cm³/mol. The molecule has 0 amide bonds. The van der Waals surface area contributed by atoms with E-state index in [0.29, 0.717) is 11.3 Å². The second-order valence-corrected chi connectivity index (χ2v) is 6.30. The van der Waals surface area contributed by atoms with Crippen LogP contribution in [0.5, 0.6) is 5.75 Å². The van der Waals surface area contributed by atoms with E-state index in [1.807, 2.05) is 18.2 Å². The summed E-state index contributed by atoms with van der Waals surface area (Å²) >= 11 is 0. The number of fused-ring (bicyclic) bond motifs is 2. The van der Waals surface area contributed by atoms with Crippen molar-refractivity contribution in [3.8, 4) is 5.75 Å². The molecular weight excluding hydrogens is 324 g/mol. The molecule has 0 saturated heterocycles. The van der Waals surface area contributed by atoms with Gasteiger partial charge in [0.2, 0.25) is 0 Å². The molecule has 128 valence electrons. The highest BCUT2D eigenvalue weighted by Gasteiger charge is 2.32. The maximum absolute atomic E-state index is 12.3. The fourth-order valence-electron chi connectivity index (χ4n) is 3.45. The quantitative estimate of drug-likeness (QED) is 0.628. The Bertz CT molecular complexity index is 1150. The van der Waals surface area contributed by atoms with Crippen molar-refractivity contribution in [3.63, 3.8) is 0 Å². The van der Waals surface area contributed by atoms with Gasteiger partial charge in [-0.3, -0.25) is 13.9 Å². The summed E-state index contributed by atoms with van der Waals surface area (Å²) < 4.78 is 13.5. The van der Waals surface area contributed by atoms with Crippen LogP contribution in [0.4, 0.5) is 0 Å². The Balaban J connectivity index is 1.96. The molecule has 0 spiro atoms. The number of nitrogens with zero attached hydrogens (tertiary/aromatic N) is 2. The SMILES string of the molecule is Cc1cc2c(c(=O)o1)[C@@H](c1ccc3c(c1)n(C)c(=O)n3C)CC(=O)O2. The van der Waals surface area contributed by atoms with E-state index in [1.54, 1.807) is 36.2 Å². The van der Waals surface area contributed by atoms with E-state index in [9.17, 15) is 14.4 Å². The molecule has 0 saturated carbocycles. The van der Waals surface area contributed by atoms with Crippen LogP contribution in [0, 0.1) is 6.92 Å². The van der Waals surface area contributed by atoms with Gasteiger partial charge in [-0.2, -0.15) is 0 Å². The number of rotatable bonds is 1. The zero-order valence-electron chi connectivity index (χ0n) is 14.0. The summed E-state index contributed by atoms with van der Waals surface area (Å²) in [4.78, 5) is 36.5. The summed E-state index contributed by atoms with van der Waals surface area (Å²) in [6, 6.07) is 7.04. The fourth-order valence-corrected chi connectivity index (χ4v) is 3.45. The number of esters is 1. The molecule has 2 aromatic heterocycles. The van der Waals surface area contributed by atoms with Crippen LogP contribution in [-0.2, 0) is 18.9 Å². The van der Waals surface area contributed by atoms with E-state index in [2.05, 4.69) is 0 Å². The van der Waals surface area contributed by atoms with E-state index in [1.165, 1.54) is 0 Å². The zero-order chi connectivity index (χ0) is 17.9. The number of ether oxygens (including phenoxy) is 1. The minimum atomic E-state index is -0.505. The van der Waals surface area contributed by atoms with Crippen molar-refractivity contribution in [2.75, 3.05) is 0 Å². The molecule has 7 nitrogen and oxygen atoms in total. The van der Waals surface area contributed by atoms with Gasteiger partial charge in [0.1, 0.15) is 11.5 Å². The van der Waals surface area contributed by atoms with E-state index in [4.69, 9.17) is 9.15 Å². The lowest BCUT2D eigenvalue weighted by atomic mass is 9.87. The van der Waals surface area contributed by atoms with Gasteiger partial charge in [0.25, 0.3) is 0 Å². The van der Waals surface area contributed by atoms with Crippen LogP contribution in [0.15, 0.2) is 38.3 Å². The molecule has 0 N–H and O–H groups in total. The molecule has 0 aliphatic carbocycles. The molecule has 0 fully saturated rings. The topological polar surface area (TPSA) is 83.4 Å². The molecule has 1 aliphatic rings. The molecule has 3 heterocycles. The summed E-state index contributed by atoms with van der Waals surface area (Å²) in [7, 11) is 3.39. The number of carbonyl (C=O) groups is 1. The average molecular weight is 340 g/mol. The third-order valence-corrected chi connectivity index (χ3v) is 4.71. The molecule has 3 aromatic rings. The van der Waals surface area contributed by atoms with Crippen LogP contribution in [0.25, 0.3) is 11.0 Å². The lowest BCUT2D eigenvalue weighted by Crippen LogP contribution is -2.26. The minimum absolute atomic E-state index is 0.0487. The Kier molecular flexibility index (Phi) is 3.21. The van der Waals surface area contributed by atoms with Gasteiger partial charge in [-0.25, -0.2) is 9.59 Å². The Morgan fingerprint density at radius 2 is 1.76 bits per heavy atom. The van der Waals surface area contributed by atoms with Crippen LogP contribution in [-0.4, -0.2) is 15.1 Å². The van der Waals surface area contributed by atoms with E-state index < -0.39 is 17.5 Å². The molecule has 0 bridgehead atoms. The number of hydrogen-bond acceptors (Lipinski definition) is 5. The van der Waals surface area contributed by atoms with Crippen LogP contribution in [0.1, 0.15) is 29.2 Å². The standard InChI is InChI=1S/C18H16N2O5/c1-9-6-14-16(17(22)24-9)11(8-15(21)25-14)10-4-5-12-13(7-10)20(3)18(23)19(12)2/h4-7,11H,8H2,1-3H3/t11-/m1/s1. The van der Waals surface area contributed by atoms with Crippen molar-refractivity contribution >= 4 is 17.0 Å². The van der Waals surface area contributed by atoms with Gasteiger partial charge >= 0.3 is 17.3 Å². The highest BCUT2D eigenvalue weighted by Crippen LogP contribution is 2.37. The van der Waals surface area contributed by atoms with Crippen LogP contribution >= 0.6 is 0 Å². The molecule has 0 radical (unpaired) electrons. The van der Waals surface area contributed by atoms with Gasteiger partial charge in [-0.15, -0.1) is 0 Å². The number of imidazole rings is 1. The van der Waals surface area contributed by atoms with Crippen molar-refractivity contribution < 1.29 is 13.9 Å². The highest BCUT2D eigenvalue weighted by atomic mass is 16.5. The smallest absolute Gasteiger partial charge is 0.343 e. The maximum Gasteiger partial charge on any atom is 0.343 e. The molecule has 4 rings (SSSR count). The molecule has 1 aromatic carbocycles. The maximum atomic E-state index is 12.3. The lowest BCUT2D eigenvalue weighted by molar-refractivity contribution is -0.135. The Labute approximate surface area is 142 Å². The van der Waals surface area contributed by atoms with Crippen molar-refractivity contribution in [2.45, 2.75) is 19.3 Å². The van der Waals surface area contributed by atoms with Crippen molar-refractivity contribution in [2.24, 2.45) is 14.1 Å². The summed E-state index contributed by atoms with van der Waals surface area (Å²) in [6.45, 7) is 1.63. The molecule has 7 heteroatoms. The predicted octanol–water partition coefficient (Wildman–Crippen LogP) is 1.58. The summed E-state index contributed by atoms with van der Waals surface area (Å²) in [5, 5.41) is 0. The first-order valence-corrected chi connectivity index (χ1v) is 7.87. The van der Waals surface area contributed by atoms with Crippen LogP contribution in [0.3, 0.4) is 0 Å². The number of hydrogen-bond donors (Lipinski definition) is 0.